The van der Waals surface area contributed by atoms with Crippen molar-refractivity contribution in [1.82, 2.24) is 15.1 Å². The molecular weight excluding hydrogens is 388 g/mol. The molecule has 2 aromatic rings. The van der Waals surface area contributed by atoms with E-state index in [1.54, 1.807) is 12.1 Å². The molecule has 0 aliphatic carbocycles. The number of nitrogens with one attached hydrogen (secondary N) is 1. The van der Waals surface area contributed by atoms with Gasteiger partial charge in [0.25, 0.3) is 0 Å². The van der Waals surface area contributed by atoms with E-state index in [0.717, 1.165) is 56.0 Å². The fourth-order valence-corrected chi connectivity index (χ4v) is 4.98. The molecule has 0 saturated heterocycles. The molecule has 2 aromatic carbocycles. The van der Waals surface area contributed by atoms with Crippen molar-refractivity contribution in [3.05, 3.63) is 81.9 Å². The molecule has 2 heterocycles. The number of hydrogen-bond acceptors (Lipinski definition) is 4. The number of benzene rings is 2. The SMILES string of the molecule is CN1CSC=C1CNCCN1Cc2ccc(F)cc2CC1Cc1ccc(F)cc1. The molecule has 1 atom stereocenters. The first-order valence-corrected chi connectivity index (χ1v) is 11.1. The Morgan fingerprint density at radius 1 is 1.07 bits per heavy atom. The van der Waals surface area contributed by atoms with Gasteiger partial charge in [0.2, 0.25) is 0 Å². The lowest BCUT2D eigenvalue weighted by molar-refractivity contribution is 0.170. The number of thioether (sulfide) groups is 1. The highest BCUT2D eigenvalue weighted by molar-refractivity contribution is 8.02. The van der Waals surface area contributed by atoms with Crippen LogP contribution < -0.4 is 5.32 Å². The van der Waals surface area contributed by atoms with Crippen LogP contribution in [0.25, 0.3) is 0 Å². The fraction of sp³-hybridized carbons (Fsp3) is 0.391. The van der Waals surface area contributed by atoms with Crippen LogP contribution in [0.1, 0.15) is 16.7 Å². The molecule has 2 aliphatic rings. The number of hydrogen-bond donors (Lipinski definition) is 1. The average Bonchev–Trinajstić information content (AvgIpc) is 3.12. The molecule has 0 bridgehead atoms. The smallest absolute Gasteiger partial charge is 0.123 e. The van der Waals surface area contributed by atoms with Gasteiger partial charge in [0, 0.05) is 45.0 Å². The normalized spacial score (nSPS) is 19.3. The molecule has 4 rings (SSSR count). The Bertz CT molecular complexity index is 869. The van der Waals surface area contributed by atoms with Crippen LogP contribution in [0.4, 0.5) is 8.78 Å². The first kappa shape index (κ1) is 20.4. The minimum atomic E-state index is -0.213. The van der Waals surface area contributed by atoms with Crippen molar-refractivity contribution >= 4 is 11.8 Å². The van der Waals surface area contributed by atoms with Crippen LogP contribution in [0.5, 0.6) is 0 Å². The molecule has 0 amide bonds. The Kier molecular flexibility index (Phi) is 6.53. The Balaban J connectivity index is 1.41. The lowest BCUT2D eigenvalue weighted by Gasteiger charge is -2.37. The predicted octanol–water partition coefficient (Wildman–Crippen LogP) is 4.00. The van der Waals surface area contributed by atoms with Gasteiger partial charge in [-0.3, -0.25) is 4.90 Å². The van der Waals surface area contributed by atoms with Gasteiger partial charge < -0.3 is 10.2 Å². The zero-order valence-corrected chi connectivity index (χ0v) is 17.5. The molecule has 0 radical (unpaired) electrons. The maximum Gasteiger partial charge on any atom is 0.123 e. The molecule has 6 heteroatoms. The molecular formula is C23H27F2N3S. The predicted molar refractivity (Wildman–Crippen MR) is 116 cm³/mol. The zero-order chi connectivity index (χ0) is 20.2. The topological polar surface area (TPSA) is 18.5 Å². The Labute approximate surface area is 175 Å². The van der Waals surface area contributed by atoms with Gasteiger partial charge in [-0.2, -0.15) is 0 Å². The molecule has 0 aromatic heterocycles. The van der Waals surface area contributed by atoms with Gasteiger partial charge in [0.15, 0.2) is 0 Å². The highest BCUT2D eigenvalue weighted by atomic mass is 32.2. The largest absolute Gasteiger partial charge is 0.367 e. The van der Waals surface area contributed by atoms with Gasteiger partial charge in [0.1, 0.15) is 11.6 Å². The Hall–Kier alpha value is -1.89. The summed E-state index contributed by atoms with van der Waals surface area (Å²) in [5, 5.41) is 5.77. The average molecular weight is 416 g/mol. The van der Waals surface area contributed by atoms with Gasteiger partial charge >= 0.3 is 0 Å². The molecule has 3 nitrogen and oxygen atoms in total. The highest BCUT2D eigenvalue weighted by Gasteiger charge is 2.26. The lowest BCUT2D eigenvalue weighted by atomic mass is 9.90. The number of rotatable bonds is 7. The summed E-state index contributed by atoms with van der Waals surface area (Å²) in [4.78, 5) is 4.73. The van der Waals surface area contributed by atoms with Crippen LogP contribution in [0.2, 0.25) is 0 Å². The summed E-state index contributed by atoms with van der Waals surface area (Å²) < 4.78 is 27.0. The third-order valence-electron chi connectivity index (χ3n) is 5.76. The number of nitrogens with zero attached hydrogens (tertiary/aromatic N) is 2. The van der Waals surface area contributed by atoms with Gasteiger partial charge in [-0.05, 0) is 59.2 Å². The second kappa shape index (κ2) is 9.28. The van der Waals surface area contributed by atoms with Crippen molar-refractivity contribution in [3.8, 4) is 0 Å². The van der Waals surface area contributed by atoms with Gasteiger partial charge in [-0.25, -0.2) is 8.78 Å². The van der Waals surface area contributed by atoms with Crippen molar-refractivity contribution in [2.45, 2.75) is 25.4 Å². The van der Waals surface area contributed by atoms with E-state index in [4.69, 9.17) is 0 Å². The van der Waals surface area contributed by atoms with Crippen molar-refractivity contribution in [3.63, 3.8) is 0 Å². The summed E-state index contributed by atoms with van der Waals surface area (Å²) in [6.45, 7) is 3.52. The third kappa shape index (κ3) is 5.18. The van der Waals surface area contributed by atoms with Crippen LogP contribution in [0.15, 0.2) is 53.6 Å². The summed E-state index contributed by atoms with van der Waals surface area (Å²) >= 11 is 1.83. The number of likely N-dealkylation sites (N-methyl/N-ethyl adjacent to an activating group) is 1. The van der Waals surface area contributed by atoms with E-state index in [0.29, 0.717) is 0 Å². The van der Waals surface area contributed by atoms with Crippen molar-refractivity contribution in [1.29, 1.82) is 0 Å². The molecule has 1 unspecified atom stereocenters. The van der Waals surface area contributed by atoms with Crippen molar-refractivity contribution in [2.75, 3.05) is 32.6 Å². The molecule has 0 saturated carbocycles. The molecule has 0 spiro atoms. The van der Waals surface area contributed by atoms with Crippen LogP contribution >= 0.6 is 11.8 Å². The first-order valence-electron chi connectivity index (χ1n) is 10.1. The third-order valence-corrected chi connectivity index (χ3v) is 6.73. The molecule has 1 N–H and O–H groups in total. The quantitative estimate of drug-likeness (QED) is 0.689. The summed E-state index contributed by atoms with van der Waals surface area (Å²) in [6, 6.07) is 12.1. The van der Waals surface area contributed by atoms with Gasteiger partial charge in [0.05, 0.1) is 5.88 Å². The highest BCUT2D eigenvalue weighted by Crippen LogP contribution is 2.26. The minimum Gasteiger partial charge on any atom is -0.367 e. The minimum absolute atomic E-state index is 0.175. The molecule has 0 fully saturated rings. The second-order valence-electron chi connectivity index (χ2n) is 7.85. The molecule has 2 aliphatic heterocycles. The second-order valence-corrected chi connectivity index (χ2v) is 8.68. The van der Waals surface area contributed by atoms with E-state index in [1.165, 1.54) is 23.4 Å². The first-order chi connectivity index (χ1) is 14.1. The van der Waals surface area contributed by atoms with Crippen LogP contribution in [0.3, 0.4) is 0 Å². The van der Waals surface area contributed by atoms with Crippen molar-refractivity contribution in [2.24, 2.45) is 0 Å². The number of halogens is 2. The van der Waals surface area contributed by atoms with E-state index >= 15 is 0 Å². The fourth-order valence-electron chi connectivity index (χ4n) is 4.06. The van der Waals surface area contributed by atoms with E-state index in [1.807, 2.05) is 30.0 Å². The summed E-state index contributed by atoms with van der Waals surface area (Å²) in [5.41, 5.74) is 4.74. The molecule has 29 heavy (non-hydrogen) atoms. The van der Waals surface area contributed by atoms with Crippen LogP contribution in [-0.2, 0) is 19.4 Å². The van der Waals surface area contributed by atoms with E-state index < -0.39 is 0 Å². The standard InChI is InChI=1S/C23H27F2N3S/c1-27-16-29-15-23(27)13-26-8-9-28-14-18-4-7-21(25)11-19(18)12-22(28)10-17-2-5-20(24)6-3-17/h2-7,11,15,22,26H,8-10,12-14,16H2,1H3. The van der Waals surface area contributed by atoms with E-state index in [-0.39, 0.29) is 17.7 Å². The monoisotopic (exact) mass is 415 g/mol. The summed E-state index contributed by atoms with van der Waals surface area (Å²) in [6.07, 6.45) is 1.65. The zero-order valence-electron chi connectivity index (χ0n) is 16.7. The van der Waals surface area contributed by atoms with Gasteiger partial charge in [-0.1, -0.05) is 18.2 Å². The maximum atomic E-state index is 13.7. The van der Waals surface area contributed by atoms with Crippen LogP contribution in [0, 0.1) is 11.6 Å². The summed E-state index contributed by atoms with van der Waals surface area (Å²) in [5.74, 6) is 0.636. The maximum absolute atomic E-state index is 13.7. The number of fused-ring (bicyclic) bond motifs is 1. The van der Waals surface area contributed by atoms with Crippen molar-refractivity contribution < 1.29 is 8.78 Å². The van der Waals surface area contributed by atoms with E-state index in [2.05, 4.69) is 27.6 Å². The Morgan fingerprint density at radius 2 is 1.86 bits per heavy atom. The van der Waals surface area contributed by atoms with Crippen LogP contribution in [-0.4, -0.2) is 48.4 Å². The van der Waals surface area contributed by atoms with Gasteiger partial charge in [-0.15, -0.1) is 11.8 Å². The molecule has 154 valence electrons. The Morgan fingerprint density at radius 3 is 2.62 bits per heavy atom. The van der Waals surface area contributed by atoms with E-state index in [9.17, 15) is 8.78 Å². The summed E-state index contributed by atoms with van der Waals surface area (Å²) in [7, 11) is 2.12. The lowest BCUT2D eigenvalue weighted by Crippen LogP contribution is -2.45.